The third kappa shape index (κ3) is 2.78. The maximum atomic E-state index is 5.43. The molecule has 0 bridgehead atoms. The summed E-state index contributed by atoms with van der Waals surface area (Å²) in [5, 5.41) is 0. The van der Waals surface area contributed by atoms with Gasteiger partial charge in [0.25, 0.3) is 0 Å². The van der Waals surface area contributed by atoms with Gasteiger partial charge in [-0.2, -0.15) is 0 Å². The Morgan fingerprint density at radius 2 is 2.29 bits per heavy atom. The lowest BCUT2D eigenvalue weighted by atomic mass is 10.1. The molecule has 0 aliphatic heterocycles. The quantitative estimate of drug-likeness (QED) is 0.641. The molecule has 78 valence electrons. The van der Waals surface area contributed by atoms with Crippen LogP contribution in [0.15, 0.2) is 22.7 Å². The Hall–Kier alpha value is -0.420. The van der Waals surface area contributed by atoms with Crippen LogP contribution in [0.2, 0.25) is 0 Å². The van der Waals surface area contributed by atoms with Gasteiger partial charge in [-0.1, -0.05) is 28.1 Å². The molecular formula is C10H15BrN2O. The van der Waals surface area contributed by atoms with Crippen LogP contribution < -0.4 is 11.3 Å². The van der Waals surface area contributed by atoms with E-state index in [1.54, 1.807) is 7.11 Å². The van der Waals surface area contributed by atoms with Crippen molar-refractivity contribution in [2.45, 2.75) is 13.0 Å². The zero-order chi connectivity index (χ0) is 10.6. The lowest BCUT2D eigenvalue weighted by molar-refractivity contribution is 0.167. The van der Waals surface area contributed by atoms with E-state index in [1.165, 1.54) is 5.56 Å². The standard InChI is InChI=1S/C10H15BrN2O/c1-7-3-4-8(5-9(7)11)10(13-12)6-14-2/h3-5,10,13H,6,12H2,1-2H3. The molecule has 0 fully saturated rings. The molecule has 0 radical (unpaired) electrons. The molecule has 0 spiro atoms. The van der Waals surface area contributed by atoms with E-state index in [9.17, 15) is 0 Å². The Morgan fingerprint density at radius 3 is 2.79 bits per heavy atom. The first-order chi connectivity index (χ1) is 6.69. The van der Waals surface area contributed by atoms with Gasteiger partial charge < -0.3 is 4.74 Å². The summed E-state index contributed by atoms with van der Waals surface area (Å²) in [4.78, 5) is 0. The van der Waals surface area contributed by atoms with Crippen LogP contribution in [0.5, 0.6) is 0 Å². The molecule has 1 unspecified atom stereocenters. The second kappa shape index (κ2) is 5.46. The molecule has 0 aliphatic rings. The molecule has 3 N–H and O–H groups in total. The second-order valence-electron chi connectivity index (χ2n) is 3.18. The van der Waals surface area contributed by atoms with Gasteiger partial charge in [0.2, 0.25) is 0 Å². The Kier molecular flexibility index (Phi) is 4.54. The highest BCUT2D eigenvalue weighted by Crippen LogP contribution is 2.21. The number of benzene rings is 1. The highest BCUT2D eigenvalue weighted by atomic mass is 79.9. The van der Waals surface area contributed by atoms with Crippen molar-refractivity contribution < 1.29 is 4.74 Å². The Labute approximate surface area is 92.7 Å². The van der Waals surface area contributed by atoms with E-state index < -0.39 is 0 Å². The number of halogens is 1. The first-order valence-electron chi connectivity index (χ1n) is 4.40. The number of hydrazine groups is 1. The zero-order valence-corrected chi connectivity index (χ0v) is 9.97. The van der Waals surface area contributed by atoms with Gasteiger partial charge in [0, 0.05) is 11.6 Å². The summed E-state index contributed by atoms with van der Waals surface area (Å²) in [6.07, 6.45) is 0. The van der Waals surface area contributed by atoms with Crippen LogP contribution in [0.1, 0.15) is 17.2 Å². The average molecular weight is 259 g/mol. The number of hydrogen-bond acceptors (Lipinski definition) is 3. The third-order valence-corrected chi connectivity index (χ3v) is 2.99. The first-order valence-corrected chi connectivity index (χ1v) is 5.19. The molecule has 0 amide bonds. The lowest BCUT2D eigenvalue weighted by Gasteiger charge is -2.15. The van der Waals surface area contributed by atoms with E-state index in [0.717, 1.165) is 10.0 Å². The Morgan fingerprint density at radius 1 is 1.57 bits per heavy atom. The summed E-state index contributed by atoms with van der Waals surface area (Å²) in [6, 6.07) is 6.19. The molecule has 14 heavy (non-hydrogen) atoms. The molecule has 3 nitrogen and oxygen atoms in total. The largest absolute Gasteiger partial charge is 0.383 e. The first kappa shape index (κ1) is 11.7. The fraction of sp³-hybridized carbons (Fsp3) is 0.400. The number of nitrogens with two attached hydrogens (primary N) is 1. The average Bonchev–Trinajstić information content (AvgIpc) is 2.19. The molecule has 0 aromatic heterocycles. The Balaban J connectivity index is 2.88. The van der Waals surface area contributed by atoms with E-state index in [0.29, 0.717) is 6.61 Å². The van der Waals surface area contributed by atoms with Gasteiger partial charge in [0.05, 0.1) is 12.6 Å². The summed E-state index contributed by atoms with van der Waals surface area (Å²) >= 11 is 3.49. The molecule has 0 aliphatic carbocycles. The van der Waals surface area contributed by atoms with Crippen molar-refractivity contribution in [1.29, 1.82) is 0 Å². The fourth-order valence-corrected chi connectivity index (χ4v) is 1.63. The van der Waals surface area contributed by atoms with Crippen molar-refractivity contribution in [2.24, 2.45) is 5.84 Å². The fourth-order valence-electron chi connectivity index (χ4n) is 1.23. The minimum Gasteiger partial charge on any atom is -0.383 e. The molecular weight excluding hydrogens is 244 g/mol. The molecule has 4 heteroatoms. The van der Waals surface area contributed by atoms with Crippen molar-refractivity contribution >= 4 is 15.9 Å². The van der Waals surface area contributed by atoms with Gasteiger partial charge in [0.1, 0.15) is 0 Å². The number of ether oxygens (including phenoxy) is 1. The third-order valence-electron chi connectivity index (χ3n) is 2.13. The molecule has 1 rings (SSSR count). The van der Waals surface area contributed by atoms with Crippen LogP contribution in [-0.4, -0.2) is 13.7 Å². The molecule has 1 aromatic rings. The van der Waals surface area contributed by atoms with Crippen LogP contribution in [0, 0.1) is 6.92 Å². The minimum absolute atomic E-state index is 0.0388. The van der Waals surface area contributed by atoms with E-state index in [1.807, 2.05) is 6.07 Å². The summed E-state index contributed by atoms with van der Waals surface area (Å²) in [5.74, 6) is 5.43. The van der Waals surface area contributed by atoms with E-state index >= 15 is 0 Å². The highest BCUT2D eigenvalue weighted by molar-refractivity contribution is 9.10. The summed E-state index contributed by atoms with van der Waals surface area (Å²) in [5.41, 5.74) is 5.05. The summed E-state index contributed by atoms with van der Waals surface area (Å²) in [6.45, 7) is 2.61. The number of aryl methyl sites for hydroxylation is 1. The van der Waals surface area contributed by atoms with E-state index in [-0.39, 0.29) is 6.04 Å². The maximum Gasteiger partial charge on any atom is 0.0694 e. The lowest BCUT2D eigenvalue weighted by Crippen LogP contribution is -2.31. The normalized spacial score (nSPS) is 12.9. The van der Waals surface area contributed by atoms with Crippen LogP contribution in [0.3, 0.4) is 0 Å². The number of rotatable bonds is 4. The van der Waals surface area contributed by atoms with Crippen LogP contribution in [-0.2, 0) is 4.74 Å². The predicted molar refractivity (Wildman–Crippen MR) is 60.8 cm³/mol. The SMILES string of the molecule is COCC(NN)c1ccc(C)c(Br)c1. The van der Waals surface area contributed by atoms with Gasteiger partial charge >= 0.3 is 0 Å². The second-order valence-corrected chi connectivity index (χ2v) is 4.04. The molecule has 0 saturated heterocycles. The smallest absolute Gasteiger partial charge is 0.0694 e. The van der Waals surface area contributed by atoms with Crippen LogP contribution in [0.4, 0.5) is 0 Å². The summed E-state index contributed by atoms with van der Waals surface area (Å²) < 4.78 is 6.15. The monoisotopic (exact) mass is 258 g/mol. The van der Waals surface area contributed by atoms with E-state index in [4.69, 9.17) is 10.6 Å². The van der Waals surface area contributed by atoms with Gasteiger partial charge in [-0.25, -0.2) is 0 Å². The number of hydrogen-bond donors (Lipinski definition) is 2. The molecule has 1 aromatic carbocycles. The van der Waals surface area contributed by atoms with Gasteiger partial charge in [-0.3, -0.25) is 11.3 Å². The molecule has 1 atom stereocenters. The minimum atomic E-state index is 0.0388. The number of nitrogens with one attached hydrogen (secondary N) is 1. The van der Waals surface area contributed by atoms with E-state index in [2.05, 4.69) is 40.4 Å². The van der Waals surface area contributed by atoms with Gasteiger partial charge in [-0.15, -0.1) is 0 Å². The zero-order valence-electron chi connectivity index (χ0n) is 8.38. The van der Waals surface area contributed by atoms with Crippen molar-refractivity contribution in [2.75, 3.05) is 13.7 Å². The summed E-state index contributed by atoms with van der Waals surface area (Å²) in [7, 11) is 1.66. The van der Waals surface area contributed by atoms with Crippen LogP contribution in [0.25, 0.3) is 0 Å². The van der Waals surface area contributed by atoms with Gasteiger partial charge in [0.15, 0.2) is 0 Å². The van der Waals surface area contributed by atoms with Crippen molar-refractivity contribution in [3.05, 3.63) is 33.8 Å². The Bertz CT molecular complexity index is 304. The van der Waals surface area contributed by atoms with Crippen molar-refractivity contribution in [3.8, 4) is 0 Å². The van der Waals surface area contributed by atoms with Crippen LogP contribution >= 0.6 is 15.9 Å². The van der Waals surface area contributed by atoms with Crippen molar-refractivity contribution in [1.82, 2.24) is 5.43 Å². The van der Waals surface area contributed by atoms with Crippen molar-refractivity contribution in [3.63, 3.8) is 0 Å². The number of methoxy groups -OCH3 is 1. The molecule has 0 saturated carbocycles. The maximum absolute atomic E-state index is 5.43. The predicted octanol–water partition coefficient (Wildman–Crippen LogP) is 1.91. The van der Waals surface area contributed by atoms with Gasteiger partial charge in [-0.05, 0) is 24.1 Å². The topological polar surface area (TPSA) is 47.3 Å². The highest BCUT2D eigenvalue weighted by Gasteiger charge is 2.09. The molecule has 0 heterocycles.